The number of rotatable bonds is 12. The zero-order chi connectivity index (χ0) is 31.8. The molecule has 3 amide bonds. The van der Waals surface area contributed by atoms with Crippen molar-refractivity contribution >= 4 is 69.5 Å². The number of amides is 3. The summed E-state index contributed by atoms with van der Waals surface area (Å²) in [6, 6.07) is 12.2. The Labute approximate surface area is 263 Å². The number of aliphatic hydroxyl groups excluding tert-OH is 1. The van der Waals surface area contributed by atoms with Crippen LogP contribution in [0.25, 0.3) is 17.1 Å². The van der Waals surface area contributed by atoms with Crippen molar-refractivity contribution in [2.24, 2.45) is 0 Å². The van der Waals surface area contributed by atoms with Gasteiger partial charge in [0.2, 0.25) is 17.7 Å². The van der Waals surface area contributed by atoms with E-state index in [0.717, 1.165) is 5.52 Å². The lowest BCUT2D eigenvalue weighted by atomic mass is 10.2. The molecule has 4 aromatic rings. The molecule has 0 saturated heterocycles. The number of carbonyl (C=O) groups is 3. The van der Waals surface area contributed by atoms with E-state index in [2.05, 4.69) is 20.6 Å². The lowest BCUT2D eigenvalue weighted by Gasteiger charge is -2.21. The molecule has 4 rings (SSSR count). The number of nitrogens with zero attached hydrogens (tertiary/aromatic N) is 4. The van der Waals surface area contributed by atoms with Gasteiger partial charge in [-0.15, -0.1) is 0 Å². The van der Waals surface area contributed by atoms with Crippen LogP contribution >= 0.6 is 23.2 Å². The van der Waals surface area contributed by atoms with Crippen molar-refractivity contribution in [3.63, 3.8) is 0 Å². The number of hydrogen-bond acceptors (Lipinski definition) is 8. The number of pyridine rings is 1. The molecular weight excluding hydrogens is 611 g/mol. The van der Waals surface area contributed by atoms with E-state index >= 15 is 0 Å². The van der Waals surface area contributed by atoms with E-state index in [4.69, 9.17) is 32.7 Å². The summed E-state index contributed by atoms with van der Waals surface area (Å²) in [6.07, 6.45) is 4.30. The number of likely N-dealkylation sites (N-methyl/N-ethyl adjacent to an activating group) is 1. The van der Waals surface area contributed by atoms with E-state index in [-0.39, 0.29) is 30.7 Å². The number of hydrogen-bond donors (Lipinski definition) is 3. The number of methoxy groups -OCH3 is 1. The number of para-hydroxylation sites is 1. The van der Waals surface area contributed by atoms with Gasteiger partial charge in [-0.1, -0.05) is 29.3 Å². The second-order valence-electron chi connectivity index (χ2n) is 9.41. The highest BCUT2D eigenvalue weighted by molar-refractivity contribution is 6.38. The van der Waals surface area contributed by atoms with Crippen molar-refractivity contribution < 1.29 is 29.0 Å². The third-order valence-electron chi connectivity index (χ3n) is 6.42. The molecular formula is C30H30Cl2N6O6. The fourth-order valence-corrected chi connectivity index (χ4v) is 4.83. The van der Waals surface area contributed by atoms with Crippen LogP contribution in [0.2, 0.25) is 10.0 Å². The summed E-state index contributed by atoms with van der Waals surface area (Å²) in [5, 5.41) is 15.1. The Morgan fingerprint density at radius 2 is 1.93 bits per heavy atom. The fourth-order valence-electron chi connectivity index (χ4n) is 4.22. The van der Waals surface area contributed by atoms with Gasteiger partial charge in [0.25, 0.3) is 6.01 Å². The number of halogens is 2. The van der Waals surface area contributed by atoms with Crippen molar-refractivity contribution in [2.45, 2.75) is 20.1 Å². The van der Waals surface area contributed by atoms with Gasteiger partial charge in [-0.2, -0.15) is 4.98 Å². The van der Waals surface area contributed by atoms with Crippen LogP contribution in [0, 0.1) is 0 Å². The summed E-state index contributed by atoms with van der Waals surface area (Å²) >= 11 is 13.2. The second-order valence-corrected chi connectivity index (χ2v) is 10.2. The van der Waals surface area contributed by atoms with Gasteiger partial charge in [-0.25, -0.2) is 4.98 Å². The molecule has 230 valence electrons. The molecule has 0 aliphatic rings. The minimum Gasteiger partial charge on any atom is -0.486 e. The normalized spacial score (nSPS) is 11.0. The highest BCUT2D eigenvalue weighted by Gasteiger charge is 2.20. The quantitative estimate of drug-likeness (QED) is 0.196. The van der Waals surface area contributed by atoms with Gasteiger partial charge in [-0.3, -0.25) is 19.0 Å². The van der Waals surface area contributed by atoms with Crippen LogP contribution in [0.5, 0.6) is 11.8 Å². The minimum absolute atomic E-state index is 0.0238. The molecule has 0 atom stereocenters. The third-order valence-corrected chi connectivity index (χ3v) is 7.19. The summed E-state index contributed by atoms with van der Waals surface area (Å²) in [6.45, 7) is 1.28. The summed E-state index contributed by atoms with van der Waals surface area (Å²) in [4.78, 5) is 46.2. The Balaban J connectivity index is 1.40. The lowest BCUT2D eigenvalue weighted by molar-refractivity contribution is -0.122. The molecule has 44 heavy (non-hydrogen) atoms. The van der Waals surface area contributed by atoms with Gasteiger partial charge >= 0.3 is 0 Å². The van der Waals surface area contributed by atoms with Crippen LogP contribution < -0.4 is 25.0 Å². The molecule has 2 heterocycles. The van der Waals surface area contributed by atoms with E-state index in [9.17, 15) is 19.5 Å². The number of imidazole rings is 1. The number of fused-ring (bicyclic) bond motifs is 1. The molecule has 0 radical (unpaired) electrons. The number of nitrogens with one attached hydrogen (secondary N) is 2. The van der Waals surface area contributed by atoms with E-state index in [1.807, 2.05) is 6.07 Å². The first-order valence-electron chi connectivity index (χ1n) is 13.3. The molecule has 0 aliphatic carbocycles. The minimum atomic E-state index is -0.485. The maximum atomic E-state index is 12.9. The first kappa shape index (κ1) is 32.3. The fraction of sp³-hybridized carbons (Fsp3) is 0.233. The Bertz CT molecular complexity index is 1710. The van der Waals surface area contributed by atoms with Crippen LogP contribution in [0.1, 0.15) is 18.1 Å². The number of ether oxygens (including phenoxy) is 2. The van der Waals surface area contributed by atoms with Crippen LogP contribution in [0.3, 0.4) is 0 Å². The van der Waals surface area contributed by atoms with Gasteiger partial charge in [0.1, 0.15) is 23.7 Å². The molecule has 12 nitrogen and oxygen atoms in total. The Morgan fingerprint density at radius 3 is 2.61 bits per heavy atom. The average Bonchev–Trinajstić information content (AvgIpc) is 3.37. The maximum absolute atomic E-state index is 12.9. The largest absolute Gasteiger partial charge is 0.486 e. The summed E-state index contributed by atoms with van der Waals surface area (Å²) in [7, 11) is 3.03. The van der Waals surface area contributed by atoms with Crippen molar-refractivity contribution in [2.75, 3.05) is 37.5 Å². The molecule has 0 unspecified atom stereocenters. The Kier molecular flexibility index (Phi) is 10.8. The standard InChI is InChI=1S/C30H30Cl2N6O6/c1-18(40)35-25-11-7-19(15-33-25)8-12-26(41)34-16-27(42)37(2)22-10-9-21(31)20(28(22)32)17-44-24-6-4-5-23-29(24)36-30(43-3)38(23)13-14-39/h4-12,15,39H,13-14,16-17H2,1-3H3,(H,34,41)(H,33,35,40). The van der Waals surface area contributed by atoms with E-state index in [1.54, 1.807) is 41.0 Å². The van der Waals surface area contributed by atoms with Gasteiger partial charge in [0.05, 0.1) is 43.0 Å². The van der Waals surface area contributed by atoms with Gasteiger partial charge in [0.15, 0.2) is 0 Å². The van der Waals surface area contributed by atoms with Crippen LogP contribution in [0.15, 0.2) is 54.7 Å². The molecule has 2 aromatic carbocycles. The topological polar surface area (TPSA) is 148 Å². The first-order valence-corrected chi connectivity index (χ1v) is 14.1. The number of aromatic nitrogens is 3. The monoisotopic (exact) mass is 640 g/mol. The molecule has 3 N–H and O–H groups in total. The van der Waals surface area contributed by atoms with Crippen molar-refractivity contribution in [3.8, 4) is 11.8 Å². The summed E-state index contributed by atoms with van der Waals surface area (Å²) < 4.78 is 13.2. The number of carbonyl (C=O) groups excluding carboxylic acids is 3. The maximum Gasteiger partial charge on any atom is 0.297 e. The van der Waals surface area contributed by atoms with Crippen molar-refractivity contribution in [1.29, 1.82) is 0 Å². The lowest BCUT2D eigenvalue weighted by Crippen LogP contribution is -2.37. The SMILES string of the molecule is COc1nc2c(OCc3c(Cl)ccc(N(C)C(=O)CNC(=O)C=Cc4ccc(NC(C)=O)nc4)c3Cl)cccc2n1CCO. The van der Waals surface area contributed by atoms with Gasteiger partial charge in [0, 0.05) is 36.8 Å². The zero-order valence-electron chi connectivity index (χ0n) is 24.1. The van der Waals surface area contributed by atoms with E-state index < -0.39 is 11.8 Å². The van der Waals surface area contributed by atoms with E-state index in [1.165, 1.54) is 44.3 Å². The van der Waals surface area contributed by atoms with Crippen molar-refractivity contribution in [1.82, 2.24) is 19.9 Å². The van der Waals surface area contributed by atoms with Crippen LogP contribution in [-0.4, -0.2) is 64.7 Å². The number of aliphatic hydroxyl groups is 1. The van der Waals surface area contributed by atoms with Crippen LogP contribution in [-0.2, 0) is 27.5 Å². The molecule has 0 aliphatic heterocycles. The highest BCUT2D eigenvalue weighted by Crippen LogP contribution is 2.36. The Morgan fingerprint density at radius 1 is 1.14 bits per heavy atom. The summed E-state index contributed by atoms with van der Waals surface area (Å²) in [5.41, 5.74) is 2.72. The molecule has 0 saturated carbocycles. The first-order chi connectivity index (χ1) is 21.1. The molecule has 14 heteroatoms. The summed E-state index contributed by atoms with van der Waals surface area (Å²) in [5.74, 6) is -0.295. The van der Waals surface area contributed by atoms with Gasteiger partial charge < -0.3 is 30.1 Å². The number of benzene rings is 2. The zero-order valence-corrected chi connectivity index (χ0v) is 25.6. The van der Waals surface area contributed by atoms with Crippen molar-refractivity contribution in [3.05, 3.63) is 75.9 Å². The molecule has 2 aromatic heterocycles. The smallest absolute Gasteiger partial charge is 0.297 e. The third kappa shape index (κ3) is 7.64. The predicted octanol–water partition coefficient (Wildman–Crippen LogP) is 4.07. The van der Waals surface area contributed by atoms with Gasteiger partial charge in [-0.05, 0) is 48.0 Å². The number of anilines is 2. The molecule has 0 bridgehead atoms. The second kappa shape index (κ2) is 14.7. The highest BCUT2D eigenvalue weighted by atomic mass is 35.5. The predicted molar refractivity (Wildman–Crippen MR) is 168 cm³/mol. The Hall–Kier alpha value is -4.65. The molecule has 0 spiro atoms. The van der Waals surface area contributed by atoms with Crippen LogP contribution in [0.4, 0.5) is 11.5 Å². The molecule has 0 fully saturated rings. The van der Waals surface area contributed by atoms with E-state index in [0.29, 0.717) is 51.5 Å². The average molecular weight is 642 g/mol.